The van der Waals surface area contributed by atoms with Gasteiger partial charge in [0.2, 0.25) is 11.8 Å². The van der Waals surface area contributed by atoms with Crippen molar-refractivity contribution in [2.24, 2.45) is 0 Å². The van der Waals surface area contributed by atoms with Crippen LogP contribution in [0.1, 0.15) is 43.3 Å². The molecule has 0 N–H and O–H groups in total. The van der Waals surface area contributed by atoms with Crippen LogP contribution in [-0.4, -0.2) is 22.9 Å². The van der Waals surface area contributed by atoms with Crippen LogP contribution in [0.5, 0.6) is 0 Å². The van der Waals surface area contributed by atoms with Gasteiger partial charge in [-0.25, -0.2) is 0 Å². The van der Waals surface area contributed by atoms with E-state index in [1.54, 1.807) is 7.11 Å². The van der Waals surface area contributed by atoms with Crippen molar-refractivity contribution in [3.63, 3.8) is 0 Å². The van der Waals surface area contributed by atoms with Gasteiger partial charge in [0, 0.05) is 7.11 Å². The SMILES string of the molecule is COC1(Cc2nnc(C(C)Cl)o2)CCC1. The van der Waals surface area contributed by atoms with E-state index in [4.69, 9.17) is 20.8 Å². The summed E-state index contributed by atoms with van der Waals surface area (Å²) in [6, 6.07) is 0. The second-order valence-electron chi connectivity index (χ2n) is 4.07. The Kier molecular flexibility index (Phi) is 2.98. The highest BCUT2D eigenvalue weighted by Gasteiger charge is 2.38. The fraction of sp³-hybridized carbons (Fsp3) is 0.800. The molecule has 1 aliphatic rings. The van der Waals surface area contributed by atoms with E-state index in [-0.39, 0.29) is 11.0 Å². The summed E-state index contributed by atoms with van der Waals surface area (Å²) < 4.78 is 10.9. The molecule has 4 nitrogen and oxygen atoms in total. The number of aromatic nitrogens is 2. The number of halogens is 1. The van der Waals surface area contributed by atoms with E-state index in [9.17, 15) is 0 Å². The zero-order chi connectivity index (χ0) is 10.9. The lowest BCUT2D eigenvalue weighted by atomic mass is 9.77. The maximum Gasteiger partial charge on any atom is 0.234 e. The molecular formula is C10H15ClN2O2. The first-order valence-electron chi connectivity index (χ1n) is 5.17. The second kappa shape index (κ2) is 4.10. The summed E-state index contributed by atoms with van der Waals surface area (Å²) in [4.78, 5) is 0. The van der Waals surface area contributed by atoms with Crippen molar-refractivity contribution in [3.05, 3.63) is 11.8 Å². The van der Waals surface area contributed by atoms with Crippen LogP contribution in [0.15, 0.2) is 4.42 Å². The molecule has 1 saturated carbocycles. The van der Waals surface area contributed by atoms with Crippen molar-refractivity contribution < 1.29 is 9.15 Å². The molecule has 1 aliphatic carbocycles. The Morgan fingerprint density at radius 3 is 2.67 bits per heavy atom. The lowest BCUT2D eigenvalue weighted by Crippen LogP contribution is -2.41. The molecule has 1 fully saturated rings. The minimum absolute atomic E-state index is 0.0701. The van der Waals surface area contributed by atoms with Gasteiger partial charge >= 0.3 is 0 Å². The van der Waals surface area contributed by atoms with Crippen LogP contribution in [0.4, 0.5) is 0 Å². The van der Waals surface area contributed by atoms with Gasteiger partial charge in [-0.15, -0.1) is 21.8 Å². The second-order valence-corrected chi connectivity index (χ2v) is 4.72. The molecule has 0 radical (unpaired) electrons. The van der Waals surface area contributed by atoms with Gasteiger partial charge in [0.05, 0.1) is 12.0 Å². The average Bonchev–Trinajstić information content (AvgIpc) is 2.59. The highest BCUT2D eigenvalue weighted by Crippen LogP contribution is 2.37. The van der Waals surface area contributed by atoms with Crippen molar-refractivity contribution >= 4 is 11.6 Å². The van der Waals surface area contributed by atoms with E-state index in [0.717, 1.165) is 12.8 Å². The van der Waals surface area contributed by atoms with Gasteiger partial charge in [0.25, 0.3) is 0 Å². The standard InChI is InChI=1S/C10H15ClN2O2/c1-7(11)9-13-12-8(15-9)6-10(14-2)4-3-5-10/h7H,3-6H2,1-2H3. The van der Waals surface area contributed by atoms with Crippen molar-refractivity contribution in [1.29, 1.82) is 0 Å². The van der Waals surface area contributed by atoms with Gasteiger partial charge in [-0.05, 0) is 26.2 Å². The van der Waals surface area contributed by atoms with Crippen LogP contribution >= 0.6 is 11.6 Å². The van der Waals surface area contributed by atoms with Gasteiger partial charge in [0.15, 0.2) is 0 Å². The average molecular weight is 231 g/mol. The van der Waals surface area contributed by atoms with Gasteiger partial charge in [-0.2, -0.15) is 0 Å². The van der Waals surface area contributed by atoms with E-state index in [0.29, 0.717) is 18.2 Å². The third kappa shape index (κ3) is 2.16. The zero-order valence-electron chi connectivity index (χ0n) is 8.99. The minimum Gasteiger partial charge on any atom is -0.424 e. The van der Waals surface area contributed by atoms with Crippen molar-refractivity contribution in [3.8, 4) is 0 Å². The quantitative estimate of drug-likeness (QED) is 0.746. The first-order valence-corrected chi connectivity index (χ1v) is 5.60. The number of nitrogens with zero attached hydrogens (tertiary/aromatic N) is 2. The molecule has 0 bridgehead atoms. The third-order valence-corrected chi connectivity index (χ3v) is 3.18. The van der Waals surface area contributed by atoms with Gasteiger partial charge in [-0.3, -0.25) is 0 Å². The molecule has 15 heavy (non-hydrogen) atoms. The molecule has 0 amide bonds. The molecule has 0 aliphatic heterocycles. The fourth-order valence-electron chi connectivity index (χ4n) is 1.80. The number of methoxy groups -OCH3 is 1. The molecule has 1 atom stereocenters. The van der Waals surface area contributed by atoms with Crippen LogP contribution < -0.4 is 0 Å². The monoisotopic (exact) mass is 230 g/mol. The molecule has 1 aromatic rings. The zero-order valence-corrected chi connectivity index (χ0v) is 9.75. The van der Waals surface area contributed by atoms with E-state index >= 15 is 0 Å². The van der Waals surface area contributed by atoms with Gasteiger partial charge in [0.1, 0.15) is 5.38 Å². The highest BCUT2D eigenvalue weighted by atomic mass is 35.5. The third-order valence-electron chi connectivity index (χ3n) is 2.99. The highest BCUT2D eigenvalue weighted by molar-refractivity contribution is 6.20. The topological polar surface area (TPSA) is 48.2 Å². The Labute approximate surface area is 94.0 Å². The molecule has 0 aromatic carbocycles. The summed E-state index contributed by atoms with van der Waals surface area (Å²) in [5, 5.41) is 7.63. The van der Waals surface area contributed by atoms with Crippen molar-refractivity contribution in [2.45, 2.75) is 43.6 Å². The molecule has 0 saturated heterocycles. The fourth-order valence-corrected chi connectivity index (χ4v) is 1.89. The molecular weight excluding hydrogens is 216 g/mol. The van der Waals surface area contributed by atoms with Gasteiger partial charge < -0.3 is 9.15 Å². The van der Waals surface area contributed by atoms with Crippen LogP contribution in [0, 0.1) is 0 Å². The smallest absolute Gasteiger partial charge is 0.234 e. The number of hydrogen-bond donors (Lipinski definition) is 0. The summed E-state index contributed by atoms with van der Waals surface area (Å²) in [7, 11) is 1.74. The van der Waals surface area contributed by atoms with E-state index < -0.39 is 0 Å². The molecule has 0 spiro atoms. The lowest BCUT2D eigenvalue weighted by Gasteiger charge is -2.39. The van der Waals surface area contributed by atoms with Crippen LogP contribution in [0.25, 0.3) is 0 Å². The Balaban J connectivity index is 2.04. The maximum atomic E-state index is 5.84. The molecule has 1 aromatic heterocycles. The predicted molar refractivity (Wildman–Crippen MR) is 55.9 cm³/mol. The van der Waals surface area contributed by atoms with Crippen LogP contribution in [0.3, 0.4) is 0 Å². The number of ether oxygens (including phenoxy) is 1. The number of hydrogen-bond acceptors (Lipinski definition) is 4. The van der Waals surface area contributed by atoms with Crippen LogP contribution in [0.2, 0.25) is 0 Å². The van der Waals surface area contributed by atoms with Crippen LogP contribution in [-0.2, 0) is 11.2 Å². The first kappa shape index (κ1) is 10.9. The maximum absolute atomic E-state index is 5.84. The van der Waals surface area contributed by atoms with Gasteiger partial charge in [-0.1, -0.05) is 0 Å². The number of rotatable bonds is 4. The van der Waals surface area contributed by atoms with E-state index in [1.165, 1.54) is 6.42 Å². The largest absolute Gasteiger partial charge is 0.424 e. The predicted octanol–water partition coefficient (Wildman–Crippen LogP) is 2.48. The van der Waals surface area contributed by atoms with Crippen molar-refractivity contribution in [2.75, 3.05) is 7.11 Å². The summed E-state index contributed by atoms with van der Waals surface area (Å²) in [6.45, 7) is 1.81. The normalized spacial score (nSPS) is 21.0. The molecule has 84 valence electrons. The summed E-state index contributed by atoms with van der Waals surface area (Å²) in [6.07, 6.45) is 4.04. The Hall–Kier alpha value is -0.610. The summed E-state index contributed by atoms with van der Waals surface area (Å²) in [5.41, 5.74) is -0.0701. The van der Waals surface area contributed by atoms with E-state index in [1.807, 2.05) is 6.92 Å². The Morgan fingerprint density at radius 1 is 1.53 bits per heavy atom. The molecule has 2 rings (SSSR count). The molecule has 5 heteroatoms. The van der Waals surface area contributed by atoms with Crippen molar-refractivity contribution in [1.82, 2.24) is 10.2 Å². The Morgan fingerprint density at radius 2 is 2.27 bits per heavy atom. The Bertz CT molecular complexity index is 328. The minimum atomic E-state index is -0.230. The number of alkyl halides is 1. The molecule has 1 unspecified atom stereocenters. The molecule has 1 heterocycles. The lowest BCUT2D eigenvalue weighted by molar-refractivity contribution is -0.0746. The summed E-state index contributed by atoms with van der Waals surface area (Å²) in [5.74, 6) is 1.11. The van der Waals surface area contributed by atoms with E-state index in [2.05, 4.69) is 10.2 Å². The summed E-state index contributed by atoms with van der Waals surface area (Å²) >= 11 is 5.84. The first-order chi connectivity index (χ1) is 7.15.